The van der Waals surface area contributed by atoms with Gasteiger partial charge in [0.25, 0.3) is 0 Å². The molecule has 0 saturated carbocycles. The van der Waals surface area contributed by atoms with E-state index in [0.717, 1.165) is 0 Å². The summed E-state index contributed by atoms with van der Waals surface area (Å²) in [6.45, 7) is -0.444. The van der Waals surface area contributed by atoms with E-state index in [0.29, 0.717) is 0 Å². The van der Waals surface area contributed by atoms with Gasteiger partial charge in [0.2, 0.25) is 11.8 Å². The summed E-state index contributed by atoms with van der Waals surface area (Å²) >= 11 is 5.90. The molecule has 4 N–H and O–H groups in total. The van der Waals surface area contributed by atoms with E-state index in [2.05, 4.69) is 15.4 Å². The van der Waals surface area contributed by atoms with Crippen molar-refractivity contribution in [2.45, 2.75) is 0 Å². The van der Waals surface area contributed by atoms with Gasteiger partial charge in [0, 0.05) is 0 Å². The van der Waals surface area contributed by atoms with Crippen LogP contribution in [-0.2, 0) is 14.3 Å². The number of amides is 2. The lowest BCUT2D eigenvalue weighted by Gasteiger charge is -2.09. The quantitative estimate of drug-likeness (QED) is 0.670. The van der Waals surface area contributed by atoms with Crippen molar-refractivity contribution in [3.05, 3.63) is 28.8 Å². The first kappa shape index (κ1) is 15.9. The lowest BCUT2D eigenvalue weighted by Crippen LogP contribution is -2.36. The predicted molar refractivity (Wildman–Crippen MR) is 73.5 cm³/mol. The molecule has 0 aliphatic carbocycles. The summed E-state index contributed by atoms with van der Waals surface area (Å²) in [7, 11) is 1.25. The highest BCUT2D eigenvalue weighted by atomic mass is 35.5. The summed E-state index contributed by atoms with van der Waals surface area (Å²) in [5.74, 6) is -1.49. The number of benzene rings is 1. The number of nitrogens with two attached hydrogens (primary N) is 1. The molecule has 0 bridgehead atoms. The van der Waals surface area contributed by atoms with E-state index in [1.165, 1.54) is 25.3 Å². The van der Waals surface area contributed by atoms with Gasteiger partial charge in [0.05, 0.1) is 36.5 Å². The van der Waals surface area contributed by atoms with E-state index in [1.807, 2.05) is 0 Å². The molecule has 2 amide bonds. The Balaban J connectivity index is 2.73. The molecule has 1 aromatic carbocycles. The molecule has 0 aliphatic heterocycles. The van der Waals surface area contributed by atoms with Crippen LogP contribution in [0.15, 0.2) is 18.2 Å². The third-order valence-electron chi connectivity index (χ3n) is 2.29. The molecule has 1 aromatic rings. The molecule has 0 heterocycles. The van der Waals surface area contributed by atoms with E-state index in [4.69, 9.17) is 17.3 Å². The van der Waals surface area contributed by atoms with Crippen LogP contribution >= 0.6 is 11.6 Å². The summed E-state index contributed by atoms with van der Waals surface area (Å²) in [6, 6.07) is 4.32. The maximum atomic E-state index is 11.6. The molecule has 0 atom stereocenters. The largest absolute Gasteiger partial charge is 0.465 e. The Hall–Kier alpha value is -2.12. The van der Waals surface area contributed by atoms with Gasteiger partial charge in [-0.3, -0.25) is 9.59 Å². The monoisotopic (exact) mass is 299 g/mol. The van der Waals surface area contributed by atoms with E-state index < -0.39 is 17.8 Å². The molecule has 0 saturated heterocycles. The number of hydrogen-bond donors (Lipinski definition) is 3. The molecule has 0 aromatic heterocycles. The van der Waals surface area contributed by atoms with Crippen molar-refractivity contribution in [3.63, 3.8) is 0 Å². The first-order valence-electron chi connectivity index (χ1n) is 5.62. The first-order valence-corrected chi connectivity index (χ1v) is 6.00. The molecule has 0 spiro atoms. The summed E-state index contributed by atoms with van der Waals surface area (Å²) in [4.78, 5) is 33.9. The van der Waals surface area contributed by atoms with Crippen LogP contribution in [0.4, 0.5) is 5.69 Å². The molecule has 8 heteroatoms. The zero-order valence-corrected chi connectivity index (χ0v) is 11.5. The fourth-order valence-electron chi connectivity index (χ4n) is 1.31. The number of carbonyl (C=O) groups is 3. The molecule has 0 unspecified atom stereocenters. The summed E-state index contributed by atoms with van der Waals surface area (Å²) in [5.41, 5.74) is 5.59. The number of esters is 1. The van der Waals surface area contributed by atoms with Gasteiger partial charge in [0.15, 0.2) is 0 Å². The molecule has 7 nitrogen and oxygen atoms in total. The minimum atomic E-state index is -0.548. The fourth-order valence-corrected chi connectivity index (χ4v) is 1.48. The third kappa shape index (κ3) is 4.52. The Morgan fingerprint density at radius 2 is 2.00 bits per heavy atom. The molecule has 0 radical (unpaired) electrons. The second kappa shape index (κ2) is 7.46. The Morgan fingerprint density at radius 1 is 1.30 bits per heavy atom. The smallest absolute Gasteiger partial charge is 0.337 e. The van der Waals surface area contributed by atoms with E-state index in [-0.39, 0.29) is 29.4 Å². The van der Waals surface area contributed by atoms with Crippen LogP contribution in [0.3, 0.4) is 0 Å². The second-order valence-corrected chi connectivity index (χ2v) is 4.12. The van der Waals surface area contributed by atoms with Gasteiger partial charge in [-0.15, -0.1) is 0 Å². The van der Waals surface area contributed by atoms with E-state index in [1.54, 1.807) is 0 Å². The molecule has 1 rings (SSSR count). The average Bonchev–Trinajstić information content (AvgIpc) is 2.46. The standard InChI is InChI=1S/C12H14ClN3O4/c1-20-12(19)7-2-3-8(13)9(4-7)16-11(18)6-15-10(17)5-14/h2-4H,5-6,14H2,1H3,(H,15,17)(H,16,18). The second-order valence-electron chi connectivity index (χ2n) is 3.72. The van der Waals surface area contributed by atoms with Gasteiger partial charge in [-0.25, -0.2) is 4.79 Å². The SMILES string of the molecule is COC(=O)c1ccc(Cl)c(NC(=O)CNC(=O)CN)c1. The zero-order chi connectivity index (χ0) is 15.1. The molecular weight excluding hydrogens is 286 g/mol. The minimum Gasteiger partial charge on any atom is -0.465 e. The lowest BCUT2D eigenvalue weighted by molar-refractivity contribution is -0.123. The molecular formula is C12H14ClN3O4. The molecule has 108 valence electrons. The highest BCUT2D eigenvalue weighted by molar-refractivity contribution is 6.33. The first-order chi connectivity index (χ1) is 9.47. The van der Waals surface area contributed by atoms with E-state index in [9.17, 15) is 14.4 Å². The Bertz CT molecular complexity index is 533. The van der Waals surface area contributed by atoms with Crippen molar-refractivity contribution < 1.29 is 19.1 Å². The summed E-state index contributed by atoms with van der Waals surface area (Å²) in [6.07, 6.45) is 0. The lowest BCUT2D eigenvalue weighted by atomic mass is 10.2. The minimum absolute atomic E-state index is 0.203. The third-order valence-corrected chi connectivity index (χ3v) is 2.62. The number of anilines is 1. The summed E-state index contributed by atoms with van der Waals surface area (Å²) in [5, 5.41) is 5.04. The summed E-state index contributed by atoms with van der Waals surface area (Å²) < 4.78 is 4.56. The number of rotatable bonds is 5. The van der Waals surface area contributed by atoms with Gasteiger partial charge in [-0.1, -0.05) is 11.6 Å². The van der Waals surface area contributed by atoms with Gasteiger partial charge < -0.3 is 21.1 Å². The zero-order valence-electron chi connectivity index (χ0n) is 10.7. The van der Waals surface area contributed by atoms with Crippen LogP contribution < -0.4 is 16.4 Å². The Kier molecular flexibility index (Phi) is 5.95. The highest BCUT2D eigenvalue weighted by Gasteiger charge is 2.11. The maximum absolute atomic E-state index is 11.6. The number of methoxy groups -OCH3 is 1. The maximum Gasteiger partial charge on any atom is 0.337 e. The van der Waals surface area contributed by atoms with Crippen LogP contribution in [0.5, 0.6) is 0 Å². The van der Waals surface area contributed by atoms with Crippen molar-refractivity contribution in [3.8, 4) is 0 Å². The Morgan fingerprint density at radius 3 is 2.60 bits per heavy atom. The number of halogens is 1. The van der Waals surface area contributed by atoms with Gasteiger partial charge in [0.1, 0.15) is 0 Å². The number of hydrogen-bond acceptors (Lipinski definition) is 5. The van der Waals surface area contributed by atoms with Crippen LogP contribution in [0.25, 0.3) is 0 Å². The fraction of sp³-hybridized carbons (Fsp3) is 0.250. The highest BCUT2D eigenvalue weighted by Crippen LogP contribution is 2.23. The van der Waals surface area contributed by atoms with Crippen LogP contribution in [0.1, 0.15) is 10.4 Å². The van der Waals surface area contributed by atoms with Gasteiger partial charge in [-0.2, -0.15) is 0 Å². The topological polar surface area (TPSA) is 111 Å². The molecule has 0 aliphatic rings. The van der Waals surface area contributed by atoms with Crippen LogP contribution in [0, 0.1) is 0 Å². The molecule has 0 fully saturated rings. The van der Waals surface area contributed by atoms with Crippen LogP contribution in [0.2, 0.25) is 5.02 Å². The van der Waals surface area contributed by atoms with Crippen LogP contribution in [-0.4, -0.2) is 38.0 Å². The van der Waals surface area contributed by atoms with Gasteiger partial charge >= 0.3 is 5.97 Å². The average molecular weight is 300 g/mol. The van der Waals surface area contributed by atoms with Crippen molar-refractivity contribution >= 4 is 35.1 Å². The van der Waals surface area contributed by atoms with Crippen molar-refractivity contribution in [1.82, 2.24) is 5.32 Å². The Labute approximate surface area is 120 Å². The normalized spacial score (nSPS) is 9.75. The van der Waals surface area contributed by atoms with Crippen molar-refractivity contribution in [2.75, 3.05) is 25.5 Å². The number of ether oxygens (including phenoxy) is 1. The van der Waals surface area contributed by atoms with Crippen molar-refractivity contribution in [1.29, 1.82) is 0 Å². The van der Waals surface area contributed by atoms with Gasteiger partial charge in [-0.05, 0) is 18.2 Å². The van der Waals surface area contributed by atoms with E-state index >= 15 is 0 Å². The predicted octanol–water partition coefficient (Wildman–Crippen LogP) is 0.140. The van der Waals surface area contributed by atoms with Crippen molar-refractivity contribution in [2.24, 2.45) is 5.73 Å². The molecule has 20 heavy (non-hydrogen) atoms. The number of nitrogens with one attached hydrogen (secondary N) is 2. The number of carbonyl (C=O) groups excluding carboxylic acids is 3.